The van der Waals surface area contributed by atoms with Crippen LogP contribution in [0.3, 0.4) is 0 Å². The maximum absolute atomic E-state index is 4.70. The van der Waals surface area contributed by atoms with Gasteiger partial charge in [0.1, 0.15) is 10.7 Å². The van der Waals surface area contributed by atoms with E-state index in [1.165, 1.54) is 11.3 Å². The Kier molecular flexibility index (Phi) is 3.12. The van der Waals surface area contributed by atoms with Gasteiger partial charge < -0.3 is 0 Å². The lowest BCUT2D eigenvalue weighted by molar-refractivity contribution is 1.08. The van der Waals surface area contributed by atoms with E-state index in [4.69, 9.17) is 4.98 Å². The van der Waals surface area contributed by atoms with Crippen LogP contribution in [0, 0.1) is 6.92 Å². The Morgan fingerprint density at radius 2 is 1.36 bits per heavy atom. The number of para-hydroxylation sites is 2. The zero-order valence-corrected chi connectivity index (χ0v) is 12.7. The highest BCUT2D eigenvalue weighted by molar-refractivity contribution is 7.17. The molecule has 0 radical (unpaired) electrons. The summed E-state index contributed by atoms with van der Waals surface area (Å²) in [6.45, 7) is 1.96. The minimum absolute atomic E-state index is 0.801. The van der Waals surface area contributed by atoms with E-state index < -0.39 is 0 Å². The van der Waals surface area contributed by atoms with Crippen molar-refractivity contribution in [3.8, 4) is 21.3 Å². The third kappa shape index (κ3) is 2.25. The first-order valence-corrected chi connectivity index (χ1v) is 7.75. The molecule has 4 nitrogen and oxygen atoms in total. The van der Waals surface area contributed by atoms with E-state index in [-0.39, 0.29) is 0 Å². The van der Waals surface area contributed by atoms with Crippen LogP contribution in [0.25, 0.3) is 32.3 Å². The van der Waals surface area contributed by atoms with Crippen LogP contribution in [-0.4, -0.2) is 20.2 Å². The molecule has 22 heavy (non-hydrogen) atoms. The molecule has 5 heteroatoms. The Morgan fingerprint density at radius 3 is 2.14 bits per heavy atom. The van der Waals surface area contributed by atoms with Crippen molar-refractivity contribution in [2.45, 2.75) is 6.92 Å². The van der Waals surface area contributed by atoms with Crippen molar-refractivity contribution in [1.29, 1.82) is 0 Å². The summed E-state index contributed by atoms with van der Waals surface area (Å²) < 4.78 is 0. The number of rotatable bonds is 2. The molecule has 4 rings (SSSR count). The van der Waals surface area contributed by atoms with Crippen molar-refractivity contribution in [3.63, 3.8) is 0 Å². The average Bonchev–Trinajstić information content (AvgIpc) is 3.05. The minimum atomic E-state index is 0.801. The van der Waals surface area contributed by atoms with Crippen molar-refractivity contribution in [1.82, 2.24) is 20.2 Å². The van der Waals surface area contributed by atoms with Gasteiger partial charge in [0.05, 0.1) is 16.7 Å². The molecule has 2 aromatic heterocycles. The fourth-order valence-electron chi connectivity index (χ4n) is 2.31. The fourth-order valence-corrected chi connectivity index (χ4v) is 3.20. The second-order valence-corrected chi connectivity index (χ2v) is 5.90. The van der Waals surface area contributed by atoms with Gasteiger partial charge in [-0.2, -0.15) is 0 Å². The van der Waals surface area contributed by atoms with Crippen molar-refractivity contribution in [3.05, 3.63) is 60.3 Å². The lowest BCUT2D eigenvalue weighted by Gasteiger charge is -2.02. The molecule has 0 aliphatic heterocycles. The third-order valence-corrected chi connectivity index (χ3v) is 4.37. The summed E-state index contributed by atoms with van der Waals surface area (Å²) in [6.07, 6.45) is 0. The van der Waals surface area contributed by atoms with Crippen LogP contribution in [0.15, 0.2) is 54.6 Å². The first kappa shape index (κ1) is 13.0. The SMILES string of the molecule is Cc1nc2ccccc2nc1-c1nnc(-c2ccccc2)s1. The second kappa shape index (κ2) is 5.27. The summed E-state index contributed by atoms with van der Waals surface area (Å²) in [5.41, 5.74) is 4.52. The molecule has 0 atom stereocenters. The number of nitrogens with zero attached hydrogens (tertiary/aromatic N) is 4. The number of fused-ring (bicyclic) bond motifs is 1. The van der Waals surface area contributed by atoms with Crippen LogP contribution in [-0.2, 0) is 0 Å². The highest BCUT2D eigenvalue weighted by atomic mass is 32.1. The molecule has 4 aromatic rings. The summed E-state index contributed by atoms with van der Waals surface area (Å²) >= 11 is 1.54. The number of hydrogen-bond donors (Lipinski definition) is 0. The first-order chi connectivity index (χ1) is 10.8. The maximum atomic E-state index is 4.70. The predicted molar refractivity (Wildman–Crippen MR) is 88.6 cm³/mol. The predicted octanol–water partition coefficient (Wildman–Crippen LogP) is 4.12. The number of hydrogen-bond acceptors (Lipinski definition) is 5. The average molecular weight is 304 g/mol. The summed E-state index contributed by atoms with van der Waals surface area (Å²) in [5, 5.41) is 10.3. The summed E-state index contributed by atoms with van der Waals surface area (Å²) in [7, 11) is 0. The maximum Gasteiger partial charge on any atom is 0.168 e. The second-order valence-electron chi connectivity index (χ2n) is 4.92. The third-order valence-electron chi connectivity index (χ3n) is 3.39. The van der Waals surface area contributed by atoms with Crippen molar-refractivity contribution < 1.29 is 0 Å². The molecule has 0 bridgehead atoms. The fraction of sp³-hybridized carbons (Fsp3) is 0.0588. The minimum Gasteiger partial charge on any atom is -0.249 e. The van der Waals surface area contributed by atoms with Crippen molar-refractivity contribution in [2.75, 3.05) is 0 Å². The van der Waals surface area contributed by atoms with E-state index in [9.17, 15) is 0 Å². The Labute approximate surface area is 131 Å². The van der Waals surface area contributed by atoms with Gasteiger partial charge in [0.15, 0.2) is 5.01 Å². The van der Waals surface area contributed by atoms with Gasteiger partial charge in [-0.3, -0.25) is 0 Å². The molecule has 0 aliphatic rings. The van der Waals surface area contributed by atoms with Crippen LogP contribution in [0.4, 0.5) is 0 Å². The molecule has 0 saturated heterocycles. The van der Waals surface area contributed by atoms with Gasteiger partial charge >= 0.3 is 0 Å². The van der Waals surface area contributed by atoms with Gasteiger partial charge in [0, 0.05) is 5.56 Å². The zero-order valence-electron chi connectivity index (χ0n) is 11.9. The van der Waals surface area contributed by atoms with Crippen molar-refractivity contribution in [2.24, 2.45) is 0 Å². The Bertz CT molecular complexity index is 947. The molecular weight excluding hydrogens is 292 g/mol. The molecule has 2 aromatic carbocycles. The largest absolute Gasteiger partial charge is 0.249 e. The molecule has 0 unspecified atom stereocenters. The van der Waals surface area contributed by atoms with Gasteiger partial charge in [0.2, 0.25) is 0 Å². The van der Waals surface area contributed by atoms with Crippen LogP contribution < -0.4 is 0 Å². The normalized spacial score (nSPS) is 11.0. The van der Waals surface area contributed by atoms with Gasteiger partial charge in [-0.05, 0) is 19.1 Å². The van der Waals surface area contributed by atoms with E-state index in [0.29, 0.717) is 0 Å². The Morgan fingerprint density at radius 1 is 0.727 bits per heavy atom. The molecule has 0 spiro atoms. The molecule has 0 fully saturated rings. The highest BCUT2D eigenvalue weighted by Crippen LogP contribution is 2.30. The molecule has 0 N–H and O–H groups in total. The lowest BCUT2D eigenvalue weighted by atomic mass is 10.2. The molecule has 2 heterocycles. The van der Waals surface area contributed by atoms with E-state index >= 15 is 0 Å². The van der Waals surface area contributed by atoms with E-state index in [0.717, 1.165) is 38.0 Å². The number of benzene rings is 2. The van der Waals surface area contributed by atoms with Gasteiger partial charge in [-0.15, -0.1) is 10.2 Å². The highest BCUT2D eigenvalue weighted by Gasteiger charge is 2.13. The molecular formula is C17H12N4S. The zero-order chi connectivity index (χ0) is 14.9. The Balaban J connectivity index is 1.82. The van der Waals surface area contributed by atoms with Gasteiger partial charge in [-0.1, -0.05) is 53.8 Å². The van der Waals surface area contributed by atoms with Crippen LogP contribution >= 0.6 is 11.3 Å². The molecule has 106 valence electrons. The summed E-state index contributed by atoms with van der Waals surface area (Å²) in [5.74, 6) is 0. The van der Waals surface area contributed by atoms with E-state index in [1.54, 1.807) is 0 Å². The van der Waals surface area contributed by atoms with Gasteiger partial charge in [0.25, 0.3) is 0 Å². The van der Waals surface area contributed by atoms with Crippen LogP contribution in [0.1, 0.15) is 5.69 Å². The quantitative estimate of drug-likeness (QED) is 0.559. The van der Waals surface area contributed by atoms with Crippen LogP contribution in [0.2, 0.25) is 0 Å². The molecule has 0 aliphatic carbocycles. The molecule has 0 saturated carbocycles. The van der Waals surface area contributed by atoms with Crippen LogP contribution in [0.5, 0.6) is 0 Å². The topological polar surface area (TPSA) is 51.6 Å². The summed E-state index contributed by atoms with van der Waals surface area (Å²) in [6, 6.07) is 17.9. The van der Waals surface area contributed by atoms with E-state index in [2.05, 4.69) is 15.2 Å². The molecule has 0 amide bonds. The number of aromatic nitrogens is 4. The first-order valence-electron chi connectivity index (χ1n) is 6.94. The monoisotopic (exact) mass is 304 g/mol. The van der Waals surface area contributed by atoms with E-state index in [1.807, 2.05) is 61.5 Å². The Hall–Kier alpha value is -2.66. The van der Waals surface area contributed by atoms with Gasteiger partial charge in [-0.25, -0.2) is 9.97 Å². The number of aryl methyl sites for hydroxylation is 1. The smallest absolute Gasteiger partial charge is 0.168 e. The standard InChI is InChI=1S/C17H12N4S/c1-11-15(19-14-10-6-5-9-13(14)18-11)17-21-20-16(22-17)12-7-3-2-4-8-12/h2-10H,1H3. The summed E-state index contributed by atoms with van der Waals surface area (Å²) in [4.78, 5) is 9.31. The van der Waals surface area contributed by atoms with Crippen molar-refractivity contribution >= 4 is 22.4 Å². The lowest BCUT2D eigenvalue weighted by Crippen LogP contribution is -1.93.